The molecule has 4 saturated carbocycles. The van der Waals surface area contributed by atoms with E-state index in [1.54, 1.807) is 63.6 Å². The Bertz CT molecular complexity index is 5770. The van der Waals surface area contributed by atoms with Gasteiger partial charge in [-0.25, -0.2) is 29.0 Å². The number of thiazole rings is 1. The molecule has 2 unspecified atom stereocenters. The number of hydrogen-bond acceptors (Lipinski definition) is 36. The van der Waals surface area contributed by atoms with Gasteiger partial charge in [0.05, 0.1) is 217 Å². The summed E-state index contributed by atoms with van der Waals surface area (Å²) in [5, 5.41) is 72.9. The topological polar surface area (TPSA) is 556 Å². The Hall–Kier alpha value is -10.5. The van der Waals surface area contributed by atoms with Gasteiger partial charge in [0.15, 0.2) is 22.7 Å². The molecule has 10 atom stereocenters. The van der Waals surface area contributed by atoms with Gasteiger partial charge in [0, 0.05) is 99.6 Å². The summed E-state index contributed by atoms with van der Waals surface area (Å²) in [6.07, 6.45) is -0.947. The van der Waals surface area contributed by atoms with Crippen LogP contribution in [0.1, 0.15) is 158 Å². The highest BCUT2D eigenvalue weighted by atomic mass is 32.2. The number of fused-ring (bicyclic) bond motifs is 2. The number of aliphatic hydroxyl groups excluding tert-OH is 3. The molecule has 14 rings (SSSR count). The maximum atomic E-state index is 14.6. The first-order chi connectivity index (χ1) is 72.0. The number of aromatic nitrogens is 7. The minimum Gasteiger partial charge on any atom is -0.479 e. The van der Waals surface area contributed by atoms with Crippen LogP contribution < -0.4 is 15.5 Å². The minimum absolute atomic E-state index is 0.0855. The van der Waals surface area contributed by atoms with Gasteiger partial charge in [-0.05, 0) is 152 Å². The summed E-state index contributed by atoms with van der Waals surface area (Å²) in [6.45, 7) is 21.0. The van der Waals surface area contributed by atoms with Crippen LogP contribution in [0.15, 0.2) is 97.3 Å². The van der Waals surface area contributed by atoms with Gasteiger partial charge in [-0.15, -0.1) is 5.10 Å². The fourth-order valence-electron chi connectivity index (χ4n) is 21.6. The predicted molar refractivity (Wildman–Crippen MR) is 542 cm³/mol. The summed E-state index contributed by atoms with van der Waals surface area (Å²) in [7, 11) is -3.04. The lowest BCUT2D eigenvalue weighted by atomic mass is 9.39. The standard InChI is InChI=1S/C104H142N12O32S2/c1-68(2)78(55-75(117)56-83(116-88(119)21-22-89(116)120)82-59-114(111-110-82)26-28-135-32-33-137-36-37-139-40-41-141-44-45-143-48-49-145-51-50-144-47-46-142-43-42-140-39-38-138-35-34-136-31-30-134-7)96(125)106-69(3)84(118)54-71-15-16-74(73(53-71)17-19-85-91(121)92(122)93(123)94(148-85)98(128)129)60-146-100(130)112(27-52-150(131,132)133)25-29-147-104-64-101(5)61-102(6,65-104)63-103(62-101,66-104)67-115-70(4)79(57-105-115)76-18-20-87(108-90(76)97(126)127)113-24-23-72-11-10-12-77(80(72)58-113)95(124)109-99-107-81-13-8-9-14-86(81)149-99/h8-16,18,20-22,53,57,59,68-69,78,83,85,91-94,121-123H,17,19,23-52,54-56,58,60-67H2,1-7H3,(H,106,125)(H,126,127)(H,128,129)(H,107,109,124)(H,131,132,133)/t69-,78-,83-,85-,91-,92+,93-,94-,101?,102?,103?,104?/m0/s1. The summed E-state index contributed by atoms with van der Waals surface area (Å²) in [4.78, 5) is 137. The van der Waals surface area contributed by atoms with Gasteiger partial charge >= 0.3 is 18.0 Å². The van der Waals surface area contributed by atoms with E-state index in [-0.39, 0.29) is 98.7 Å². The molecule has 150 heavy (non-hydrogen) atoms. The van der Waals surface area contributed by atoms with Crippen molar-refractivity contribution in [2.24, 2.45) is 28.1 Å². The number of carboxylic acid groups (broad SMARTS) is 2. The van der Waals surface area contributed by atoms with Crippen molar-refractivity contribution in [1.29, 1.82) is 0 Å². The zero-order valence-electron chi connectivity index (χ0n) is 86.1. The SMILES string of the molecule is COCCOCCOCCOCCOCCOCCOCCOCCOCCOCCOCCOCCn1cc([C@H](CC(=O)C[C@H](C(=O)N[C@@H](C)C(=O)Cc2ccc(COC(=O)N(CCOC34CC5(C)CC(C)(CC(Cn6ncc(-c7ccc(N8CCc9cccc(C(=O)Nc%10nc%11ccccc%11s%10)c9C8)nc7C(=O)O)c6C)(C5)C3)C4)CCS(=O)(=O)O)c(CC[C@@H]3O[C@H](C(=O)O)[C@@H](O)[C@H](O)[C@H]3O)c2)C(C)C)N2C(=O)C=CC2=O)nn1. The largest absolute Gasteiger partial charge is 0.479 e. The van der Waals surface area contributed by atoms with Gasteiger partial charge in [0.25, 0.3) is 27.8 Å². The number of carboxylic acids is 2. The molecule has 822 valence electrons. The highest BCUT2D eigenvalue weighted by Gasteiger charge is 2.66. The molecule has 4 aliphatic carbocycles. The fraction of sp³-hybridized carbons (Fsp3) is 0.615. The average Bonchev–Trinajstić information content (AvgIpc) is 0.950. The number of methoxy groups -OCH3 is 1. The molecule has 4 aromatic heterocycles. The Balaban J connectivity index is 0.558. The first kappa shape index (κ1) is 117. The third-order valence-corrected chi connectivity index (χ3v) is 29.4. The Morgan fingerprint density at radius 3 is 1.83 bits per heavy atom. The molecule has 44 nitrogen and oxygen atoms in total. The normalized spacial score (nSPS) is 21.5. The van der Waals surface area contributed by atoms with Gasteiger partial charge in [-0.1, -0.05) is 86.7 Å². The van der Waals surface area contributed by atoms with Crippen LogP contribution in [0.25, 0.3) is 21.3 Å². The van der Waals surface area contributed by atoms with E-state index in [4.69, 9.17) is 81.1 Å². The number of para-hydroxylation sites is 1. The fourth-order valence-corrected chi connectivity index (χ4v) is 22.9. The molecular formula is C104H142N12O32S2. The van der Waals surface area contributed by atoms with Crippen molar-refractivity contribution in [2.45, 2.75) is 193 Å². The van der Waals surface area contributed by atoms with Crippen LogP contribution in [0.3, 0.4) is 0 Å². The lowest BCUT2D eigenvalue weighted by Crippen LogP contribution is -2.64. The number of carbonyl (C=O) groups is 9. The number of aromatic carboxylic acids is 1. The van der Waals surface area contributed by atoms with Crippen LogP contribution in [0.5, 0.6) is 0 Å². The number of nitrogens with zero attached hydrogens (tertiary/aromatic N) is 10. The molecule has 1 saturated heterocycles. The van der Waals surface area contributed by atoms with E-state index in [2.05, 4.69) is 39.8 Å². The number of aliphatic hydroxyl groups is 3. The summed E-state index contributed by atoms with van der Waals surface area (Å²) in [6, 6.07) is 19.2. The van der Waals surface area contributed by atoms with Crippen molar-refractivity contribution >= 4 is 95.8 Å². The molecule has 46 heteroatoms. The van der Waals surface area contributed by atoms with Crippen molar-refractivity contribution in [2.75, 3.05) is 201 Å². The first-order valence-electron chi connectivity index (χ1n) is 51.0. The smallest absolute Gasteiger partial charge is 0.410 e. The van der Waals surface area contributed by atoms with Crippen LogP contribution in [-0.2, 0) is 155 Å². The van der Waals surface area contributed by atoms with Gasteiger partial charge in [-0.2, -0.15) is 13.5 Å². The molecule has 3 aromatic carbocycles. The van der Waals surface area contributed by atoms with Crippen LogP contribution >= 0.6 is 11.3 Å². The summed E-state index contributed by atoms with van der Waals surface area (Å²) in [5.41, 5.74) is 4.30. The van der Waals surface area contributed by atoms with Crippen LogP contribution in [0.4, 0.5) is 15.7 Å². The number of carbonyl (C=O) groups excluding carboxylic acids is 7. The van der Waals surface area contributed by atoms with Crippen molar-refractivity contribution in [1.82, 2.24) is 49.9 Å². The summed E-state index contributed by atoms with van der Waals surface area (Å²) >= 11 is 1.38. The minimum atomic E-state index is -4.66. The van der Waals surface area contributed by atoms with E-state index in [9.17, 15) is 81.7 Å². The number of imide groups is 1. The second-order valence-corrected chi connectivity index (χ2v) is 42.6. The quantitative estimate of drug-likeness (QED) is 0.0106. The zero-order chi connectivity index (χ0) is 107. The van der Waals surface area contributed by atoms with Crippen LogP contribution in [0.2, 0.25) is 0 Å². The van der Waals surface area contributed by atoms with E-state index < -0.39 is 143 Å². The molecule has 0 spiro atoms. The number of ketones is 2. The number of amides is 5. The molecule has 7 heterocycles. The monoisotopic (exact) mass is 2130 g/mol. The molecule has 7 aliphatic rings. The van der Waals surface area contributed by atoms with E-state index in [0.29, 0.717) is 222 Å². The number of hydrogen-bond donors (Lipinski definition) is 8. The Labute approximate surface area is 875 Å². The number of Topliss-reactive ketones (excluding diaryl/α,β-unsaturated/α-hetero) is 2. The number of anilines is 2. The molecule has 7 aromatic rings. The van der Waals surface area contributed by atoms with Crippen molar-refractivity contribution in [3.8, 4) is 11.1 Å². The lowest BCUT2D eigenvalue weighted by Gasteiger charge is -2.69. The van der Waals surface area contributed by atoms with E-state index in [0.717, 1.165) is 68.3 Å². The third kappa shape index (κ3) is 33.2. The second kappa shape index (κ2) is 55.8. The molecular weight excluding hydrogens is 1990 g/mol. The molecule has 5 amide bonds. The lowest BCUT2D eigenvalue weighted by molar-refractivity contribution is -0.248. The van der Waals surface area contributed by atoms with Gasteiger partial charge in [0.1, 0.15) is 42.2 Å². The van der Waals surface area contributed by atoms with Crippen molar-refractivity contribution in [3.05, 3.63) is 148 Å². The Morgan fingerprint density at radius 2 is 1.25 bits per heavy atom. The molecule has 0 radical (unpaired) electrons. The maximum absolute atomic E-state index is 14.6. The number of benzene rings is 3. The van der Waals surface area contributed by atoms with Gasteiger partial charge < -0.3 is 112 Å². The average molecular weight is 2140 g/mol. The van der Waals surface area contributed by atoms with Crippen LogP contribution in [0, 0.1) is 35.0 Å². The molecule has 8 N–H and O–H groups in total. The van der Waals surface area contributed by atoms with Gasteiger partial charge in [0.2, 0.25) is 5.91 Å². The zero-order valence-corrected chi connectivity index (χ0v) is 87.8. The predicted octanol–water partition coefficient (Wildman–Crippen LogP) is 7.23. The molecule has 4 bridgehead atoms. The van der Waals surface area contributed by atoms with E-state index in [1.165, 1.54) is 29.1 Å². The highest BCUT2D eigenvalue weighted by Crippen LogP contribution is 2.72. The first-order valence-corrected chi connectivity index (χ1v) is 53.4. The molecule has 5 fully saturated rings. The van der Waals surface area contributed by atoms with Crippen LogP contribution in [-0.4, -0.2) is 369 Å². The van der Waals surface area contributed by atoms with Crippen molar-refractivity contribution < 1.29 is 153 Å². The Morgan fingerprint density at radius 1 is 0.653 bits per heavy atom. The summed E-state index contributed by atoms with van der Waals surface area (Å²) < 4.78 is 124. The highest BCUT2D eigenvalue weighted by molar-refractivity contribution is 7.85. The Kier molecular flexibility index (Phi) is 43.4. The third-order valence-electron chi connectivity index (χ3n) is 27.8. The number of pyridine rings is 1. The van der Waals surface area contributed by atoms with Crippen molar-refractivity contribution in [3.63, 3.8) is 0 Å². The molecule has 3 aliphatic heterocycles. The maximum Gasteiger partial charge on any atom is 0.410 e. The number of ether oxygens (including phenoxy) is 15. The number of rotatable bonds is 68. The van der Waals surface area contributed by atoms with Gasteiger partial charge in [-0.3, -0.25) is 48.2 Å². The number of aryl methyl sites for hydroxylation is 1. The number of nitrogens with one attached hydrogen (secondary N) is 2. The number of aliphatic carboxylic acids is 1. The second-order valence-electron chi connectivity index (χ2n) is 40.0. The van der Waals surface area contributed by atoms with E-state index >= 15 is 0 Å². The summed E-state index contributed by atoms with van der Waals surface area (Å²) in [5.74, 6) is -8.10. The van der Waals surface area contributed by atoms with E-state index in [1.807, 2.05) is 52.9 Å².